The number of amides is 1. The van der Waals surface area contributed by atoms with E-state index in [-0.39, 0.29) is 17.5 Å². The third-order valence-electron chi connectivity index (χ3n) is 5.11. The summed E-state index contributed by atoms with van der Waals surface area (Å²) in [4.78, 5) is 19.1. The molecule has 1 aliphatic heterocycles. The maximum absolute atomic E-state index is 13.1. The van der Waals surface area contributed by atoms with E-state index < -0.39 is 0 Å². The highest BCUT2D eigenvalue weighted by atomic mass is 16.5. The molecule has 0 atom stereocenters. The van der Waals surface area contributed by atoms with Crippen molar-refractivity contribution in [3.8, 4) is 23.4 Å². The summed E-state index contributed by atoms with van der Waals surface area (Å²) in [5.74, 6) is 0.646. The molecule has 3 heterocycles. The Kier molecular flexibility index (Phi) is 4.65. The molecule has 0 saturated heterocycles. The number of nitrogens with zero attached hydrogens (tertiary/aromatic N) is 5. The molecule has 0 saturated carbocycles. The van der Waals surface area contributed by atoms with Crippen LogP contribution in [0.3, 0.4) is 0 Å². The van der Waals surface area contributed by atoms with Crippen molar-refractivity contribution in [1.29, 1.82) is 5.26 Å². The van der Waals surface area contributed by atoms with Crippen LogP contribution in [-0.2, 0) is 13.1 Å². The number of carbonyl (C=O) groups excluding carboxylic acids is 1. The average Bonchev–Trinajstić information content (AvgIpc) is 3.44. The molecular weight excluding hydrogens is 390 g/mol. The molecular formula is C24H17N5O2. The second-order valence-electron chi connectivity index (χ2n) is 7.14. The van der Waals surface area contributed by atoms with E-state index in [4.69, 9.17) is 10.00 Å². The number of rotatable bonds is 5. The van der Waals surface area contributed by atoms with Crippen molar-refractivity contribution in [2.45, 2.75) is 13.1 Å². The summed E-state index contributed by atoms with van der Waals surface area (Å²) in [5.41, 5.74) is 3.71. The first-order chi connectivity index (χ1) is 15.2. The molecule has 1 aliphatic rings. The van der Waals surface area contributed by atoms with Crippen LogP contribution in [0.15, 0.2) is 79.1 Å². The summed E-state index contributed by atoms with van der Waals surface area (Å²) in [7, 11) is 0. The fourth-order valence-electron chi connectivity index (χ4n) is 3.64. The zero-order valence-electron chi connectivity index (χ0n) is 16.5. The van der Waals surface area contributed by atoms with Crippen LogP contribution in [0.4, 0.5) is 0 Å². The Morgan fingerprint density at radius 1 is 1.03 bits per heavy atom. The van der Waals surface area contributed by atoms with E-state index in [1.807, 2.05) is 54.7 Å². The molecule has 0 fully saturated rings. The Hall–Kier alpha value is -4.44. The van der Waals surface area contributed by atoms with Gasteiger partial charge in [0.2, 0.25) is 5.88 Å². The van der Waals surface area contributed by atoms with Crippen molar-refractivity contribution in [3.05, 3.63) is 102 Å². The van der Waals surface area contributed by atoms with E-state index in [1.54, 1.807) is 40.0 Å². The number of aromatic nitrogens is 3. The summed E-state index contributed by atoms with van der Waals surface area (Å²) in [5, 5.41) is 13.3. The largest absolute Gasteiger partial charge is 0.438 e. The second kappa shape index (κ2) is 7.76. The highest BCUT2D eigenvalue weighted by Gasteiger charge is 2.31. The van der Waals surface area contributed by atoms with Crippen molar-refractivity contribution in [2.75, 3.05) is 0 Å². The predicted molar refractivity (Wildman–Crippen MR) is 113 cm³/mol. The number of pyridine rings is 1. The summed E-state index contributed by atoms with van der Waals surface area (Å²) in [6.45, 7) is 1.01. The van der Waals surface area contributed by atoms with Crippen molar-refractivity contribution in [1.82, 2.24) is 19.7 Å². The molecule has 0 aliphatic carbocycles. The van der Waals surface area contributed by atoms with Gasteiger partial charge in [0.15, 0.2) is 0 Å². The Balaban J connectivity index is 1.35. The van der Waals surface area contributed by atoms with Gasteiger partial charge < -0.3 is 9.64 Å². The predicted octanol–water partition coefficient (Wildman–Crippen LogP) is 4.09. The third-order valence-corrected chi connectivity index (χ3v) is 5.11. The van der Waals surface area contributed by atoms with Gasteiger partial charge in [0.25, 0.3) is 5.91 Å². The molecule has 150 valence electrons. The summed E-state index contributed by atoms with van der Waals surface area (Å²) >= 11 is 0. The molecule has 7 nitrogen and oxygen atoms in total. The van der Waals surface area contributed by atoms with Gasteiger partial charge in [-0.15, -0.1) is 0 Å². The van der Waals surface area contributed by atoms with E-state index in [0.29, 0.717) is 24.4 Å². The maximum Gasteiger partial charge on any atom is 0.258 e. The Morgan fingerprint density at radius 3 is 2.65 bits per heavy atom. The number of nitriles is 1. The number of hydrogen-bond acceptors (Lipinski definition) is 5. The minimum atomic E-state index is -0.0850. The van der Waals surface area contributed by atoms with Gasteiger partial charge in [-0.3, -0.25) is 4.79 Å². The van der Waals surface area contributed by atoms with Crippen LogP contribution in [0.5, 0.6) is 11.6 Å². The number of hydrogen-bond donors (Lipinski definition) is 0. The van der Waals surface area contributed by atoms with Gasteiger partial charge in [-0.1, -0.05) is 30.3 Å². The van der Waals surface area contributed by atoms with E-state index in [0.717, 1.165) is 16.8 Å². The fourth-order valence-corrected chi connectivity index (χ4v) is 3.64. The maximum atomic E-state index is 13.1. The zero-order chi connectivity index (χ0) is 21.2. The lowest BCUT2D eigenvalue weighted by Crippen LogP contribution is -2.23. The molecule has 0 bridgehead atoms. The molecule has 0 N–H and O–H groups in total. The average molecular weight is 407 g/mol. The minimum Gasteiger partial charge on any atom is -0.438 e. The van der Waals surface area contributed by atoms with Crippen molar-refractivity contribution in [2.24, 2.45) is 0 Å². The van der Waals surface area contributed by atoms with Crippen LogP contribution < -0.4 is 4.74 Å². The van der Waals surface area contributed by atoms with Gasteiger partial charge >= 0.3 is 0 Å². The van der Waals surface area contributed by atoms with Crippen molar-refractivity contribution < 1.29 is 9.53 Å². The molecule has 0 spiro atoms. The molecule has 4 aromatic rings. The highest BCUT2D eigenvalue weighted by Crippen LogP contribution is 2.34. The summed E-state index contributed by atoms with van der Waals surface area (Å²) < 4.78 is 7.66. The lowest BCUT2D eigenvalue weighted by atomic mass is 10.1. The molecule has 2 aromatic carbocycles. The van der Waals surface area contributed by atoms with Crippen LogP contribution in [0.1, 0.15) is 27.2 Å². The number of ether oxygens (including phenoxy) is 1. The van der Waals surface area contributed by atoms with Crippen LogP contribution in [0, 0.1) is 11.3 Å². The van der Waals surface area contributed by atoms with E-state index >= 15 is 0 Å². The van der Waals surface area contributed by atoms with Gasteiger partial charge in [-0.25, -0.2) is 9.67 Å². The number of benzene rings is 2. The SMILES string of the molecule is N#Cc1cccc(Oc2cccc3c2C(=O)N(Cc2ccc(-n4cccn4)cc2)C3)n1. The molecule has 5 rings (SSSR count). The first-order valence-corrected chi connectivity index (χ1v) is 9.76. The molecule has 1 amide bonds. The Morgan fingerprint density at radius 2 is 1.87 bits per heavy atom. The van der Waals surface area contributed by atoms with Crippen LogP contribution >= 0.6 is 0 Å². The Bertz CT molecular complexity index is 1290. The van der Waals surface area contributed by atoms with E-state index in [2.05, 4.69) is 10.1 Å². The lowest BCUT2D eigenvalue weighted by Gasteiger charge is -2.16. The van der Waals surface area contributed by atoms with Crippen molar-refractivity contribution >= 4 is 5.91 Å². The zero-order valence-corrected chi connectivity index (χ0v) is 16.5. The molecule has 7 heteroatoms. The van der Waals surface area contributed by atoms with Gasteiger partial charge in [0, 0.05) is 31.5 Å². The second-order valence-corrected chi connectivity index (χ2v) is 7.14. The summed E-state index contributed by atoms with van der Waals surface area (Å²) in [6.07, 6.45) is 3.62. The van der Waals surface area contributed by atoms with Crippen LogP contribution in [0.25, 0.3) is 5.69 Å². The van der Waals surface area contributed by atoms with Crippen LogP contribution in [-0.4, -0.2) is 25.6 Å². The molecule has 0 unspecified atom stereocenters. The summed E-state index contributed by atoms with van der Waals surface area (Å²) in [6, 6.07) is 22.3. The minimum absolute atomic E-state index is 0.0850. The topological polar surface area (TPSA) is 84.0 Å². The monoisotopic (exact) mass is 407 g/mol. The third kappa shape index (κ3) is 3.63. The smallest absolute Gasteiger partial charge is 0.258 e. The van der Waals surface area contributed by atoms with E-state index in [1.165, 1.54) is 0 Å². The normalized spacial score (nSPS) is 12.5. The molecule has 31 heavy (non-hydrogen) atoms. The molecule has 0 radical (unpaired) electrons. The van der Waals surface area contributed by atoms with Crippen molar-refractivity contribution in [3.63, 3.8) is 0 Å². The number of fused-ring (bicyclic) bond motifs is 1. The highest BCUT2D eigenvalue weighted by molar-refractivity contribution is 6.01. The van der Waals surface area contributed by atoms with Gasteiger partial charge in [0.05, 0.1) is 11.3 Å². The van der Waals surface area contributed by atoms with Gasteiger partial charge in [-0.2, -0.15) is 10.4 Å². The number of carbonyl (C=O) groups is 1. The first-order valence-electron chi connectivity index (χ1n) is 9.76. The quantitative estimate of drug-likeness (QED) is 0.498. The van der Waals surface area contributed by atoms with E-state index in [9.17, 15) is 4.79 Å². The van der Waals surface area contributed by atoms with Crippen LogP contribution in [0.2, 0.25) is 0 Å². The Labute approximate surface area is 178 Å². The lowest BCUT2D eigenvalue weighted by molar-refractivity contribution is 0.0765. The van der Waals surface area contributed by atoms with Gasteiger partial charge in [0.1, 0.15) is 17.5 Å². The fraction of sp³-hybridized carbons (Fsp3) is 0.0833. The first kappa shape index (κ1) is 18.6. The standard InChI is InChI=1S/C24H17N5O2/c25-14-19-5-2-7-22(27-19)31-21-6-1-4-18-16-28(24(30)23(18)21)15-17-8-10-20(11-9-17)29-13-3-12-26-29/h1-13H,15-16H2. The molecule has 2 aromatic heterocycles. The van der Waals surface area contributed by atoms with Gasteiger partial charge in [-0.05, 0) is 41.5 Å².